The maximum Gasteiger partial charge on any atom is 0.194 e. The summed E-state index contributed by atoms with van der Waals surface area (Å²) in [5, 5.41) is 9.41. The van der Waals surface area contributed by atoms with Gasteiger partial charge in [-0.1, -0.05) is 49.4 Å². The Morgan fingerprint density at radius 3 is 2.41 bits per heavy atom. The smallest absolute Gasteiger partial charge is 0.194 e. The van der Waals surface area contributed by atoms with Crippen LogP contribution < -0.4 is 5.73 Å². The molecule has 2 rings (SSSR count). The fraction of sp³-hybridized carbons (Fsp3) is 0.278. The molecule has 1 unspecified atom stereocenters. The first-order valence-electron chi connectivity index (χ1n) is 7.31. The van der Waals surface area contributed by atoms with Crippen LogP contribution in [0.15, 0.2) is 59.5 Å². The van der Waals surface area contributed by atoms with Gasteiger partial charge in [0.2, 0.25) is 0 Å². The van der Waals surface area contributed by atoms with Crippen LogP contribution in [0.5, 0.6) is 0 Å². The van der Waals surface area contributed by atoms with Crippen LogP contribution in [0.3, 0.4) is 0 Å². The molecule has 0 amide bonds. The highest BCUT2D eigenvalue weighted by molar-refractivity contribution is 7.99. The number of benzene rings is 2. The van der Waals surface area contributed by atoms with Crippen LogP contribution in [0.25, 0.3) is 0 Å². The largest absolute Gasteiger partial charge is 0.394 e. The van der Waals surface area contributed by atoms with Crippen molar-refractivity contribution in [3.8, 4) is 0 Å². The molecule has 0 bridgehead atoms. The lowest BCUT2D eigenvalue weighted by molar-refractivity contribution is 0.103. The summed E-state index contributed by atoms with van der Waals surface area (Å²) in [6.07, 6.45) is 0.686. The van der Waals surface area contributed by atoms with E-state index >= 15 is 0 Å². The van der Waals surface area contributed by atoms with Gasteiger partial charge in [0.15, 0.2) is 5.78 Å². The van der Waals surface area contributed by atoms with Crippen LogP contribution in [0.2, 0.25) is 0 Å². The van der Waals surface area contributed by atoms with Crippen LogP contribution in [-0.4, -0.2) is 28.8 Å². The highest BCUT2D eigenvalue weighted by Crippen LogP contribution is 2.28. The van der Waals surface area contributed by atoms with E-state index < -0.39 is 5.54 Å². The molecule has 0 saturated heterocycles. The molecule has 1 atom stereocenters. The zero-order valence-electron chi connectivity index (χ0n) is 12.7. The van der Waals surface area contributed by atoms with Crippen molar-refractivity contribution < 1.29 is 9.90 Å². The number of hydrogen-bond donors (Lipinski definition) is 2. The third-order valence-electron chi connectivity index (χ3n) is 3.70. The van der Waals surface area contributed by atoms with Crippen LogP contribution in [0, 0.1) is 0 Å². The maximum absolute atomic E-state index is 12.6. The molecule has 0 fully saturated rings. The Bertz CT molecular complexity index is 624. The van der Waals surface area contributed by atoms with E-state index in [2.05, 4.69) is 0 Å². The average molecular weight is 315 g/mol. The lowest BCUT2D eigenvalue weighted by atomic mass is 10.0. The van der Waals surface area contributed by atoms with E-state index in [1.165, 1.54) is 11.8 Å². The first kappa shape index (κ1) is 16.7. The Balaban J connectivity index is 2.22. The zero-order valence-corrected chi connectivity index (χ0v) is 13.5. The van der Waals surface area contributed by atoms with Crippen LogP contribution in [0.4, 0.5) is 0 Å². The van der Waals surface area contributed by atoms with Crippen molar-refractivity contribution in [1.29, 1.82) is 0 Å². The molecule has 22 heavy (non-hydrogen) atoms. The van der Waals surface area contributed by atoms with Crippen molar-refractivity contribution in [2.45, 2.75) is 23.8 Å². The van der Waals surface area contributed by atoms with Gasteiger partial charge in [0.05, 0.1) is 6.61 Å². The zero-order chi connectivity index (χ0) is 16.0. The molecule has 0 radical (unpaired) electrons. The Kier molecular flexibility index (Phi) is 5.77. The molecule has 0 aliphatic heterocycles. The van der Waals surface area contributed by atoms with Crippen LogP contribution in [-0.2, 0) is 0 Å². The maximum atomic E-state index is 12.6. The van der Waals surface area contributed by atoms with E-state index in [1.54, 1.807) is 0 Å². The number of aliphatic hydroxyl groups excluding tert-OH is 1. The Morgan fingerprint density at radius 2 is 1.77 bits per heavy atom. The summed E-state index contributed by atoms with van der Waals surface area (Å²) in [4.78, 5) is 13.5. The topological polar surface area (TPSA) is 63.3 Å². The van der Waals surface area contributed by atoms with Gasteiger partial charge in [-0.15, -0.1) is 11.8 Å². The number of thioether (sulfide) groups is 1. The molecular formula is C18H21NO2S. The van der Waals surface area contributed by atoms with Crippen molar-refractivity contribution in [1.82, 2.24) is 0 Å². The van der Waals surface area contributed by atoms with Gasteiger partial charge in [0.1, 0.15) is 0 Å². The highest BCUT2D eigenvalue weighted by Gasteiger charge is 2.23. The molecule has 0 saturated carbocycles. The SMILES string of the molecule is CCC(N)(CO)CSc1ccccc1C(=O)c1ccccc1. The van der Waals surface area contributed by atoms with Gasteiger partial charge < -0.3 is 10.8 Å². The van der Waals surface area contributed by atoms with Gasteiger partial charge in [0, 0.05) is 27.3 Å². The van der Waals surface area contributed by atoms with Crippen molar-refractivity contribution >= 4 is 17.5 Å². The number of carbonyl (C=O) groups excluding carboxylic acids is 1. The minimum atomic E-state index is -0.617. The number of nitrogens with two attached hydrogens (primary N) is 1. The van der Waals surface area contributed by atoms with Crippen molar-refractivity contribution in [2.75, 3.05) is 12.4 Å². The third kappa shape index (κ3) is 3.97. The second kappa shape index (κ2) is 7.58. The lowest BCUT2D eigenvalue weighted by Gasteiger charge is -2.25. The summed E-state index contributed by atoms with van der Waals surface area (Å²) in [7, 11) is 0. The average Bonchev–Trinajstić information content (AvgIpc) is 2.60. The fourth-order valence-electron chi connectivity index (χ4n) is 2.01. The number of hydrogen-bond acceptors (Lipinski definition) is 4. The predicted molar refractivity (Wildman–Crippen MR) is 91.3 cm³/mol. The van der Waals surface area contributed by atoms with E-state index in [4.69, 9.17) is 5.73 Å². The summed E-state index contributed by atoms with van der Waals surface area (Å²) >= 11 is 1.52. The van der Waals surface area contributed by atoms with E-state index in [0.717, 1.165) is 4.90 Å². The van der Waals surface area contributed by atoms with Crippen molar-refractivity contribution in [3.05, 3.63) is 65.7 Å². The minimum Gasteiger partial charge on any atom is -0.394 e. The normalized spacial score (nSPS) is 13.6. The van der Waals surface area contributed by atoms with Crippen LogP contribution in [0.1, 0.15) is 29.3 Å². The monoisotopic (exact) mass is 315 g/mol. The van der Waals surface area contributed by atoms with Crippen molar-refractivity contribution in [2.24, 2.45) is 5.73 Å². The number of aliphatic hydroxyl groups is 1. The van der Waals surface area contributed by atoms with Crippen LogP contribution >= 0.6 is 11.8 Å². The molecular weight excluding hydrogens is 294 g/mol. The number of ketones is 1. The lowest BCUT2D eigenvalue weighted by Crippen LogP contribution is -2.45. The molecule has 0 aliphatic rings. The van der Waals surface area contributed by atoms with Gasteiger partial charge in [-0.3, -0.25) is 4.79 Å². The Labute approximate surface area is 135 Å². The summed E-state index contributed by atoms with van der Waals surface area (Å²) in [6, 6.07) is 16.8. The Morgan fingerprint density at radius 1 is 1.14 bits per heavy atom. The highest BCUT2D eigenvalue weighted by atomic mass is 32.2. The molecule has 0 aromatic heterocycles. The molecule has 2 aromatic rings. The number of rotatable bonds is 7. The number of carbonyl (C=O) groups is 1. The predicted octanol–water partition coefficient (Wildman–Crippen LogP) is 3.11. The summed E-state index contributed by atoms with van der Waals surface area (Å²) in [6.45, 7) is 1.89. The second-order valence-electron chi connectivity index (χ2n) is 5.35. The van der Waals surface area contributed by atoms with Gasteiger partial charge in [-0.2, -0.15) is 0 Å². The summed E-state index contributed by atoms with van der Waals surface area (Å²) < 4.78 is 0. The molecule has 2 aromatic carbocycles. The molecule has 3 nitrogen and oxygen atoms in total. The first-order valence-corrected chi connectivity index (χ1v) is 8.29. The summed E-state index contributed by atoms with van der Waals surface area (Å²) in [5.41, 5.74) is 6.86. The second-order valence-corrected chi connectivity index (χ2v) is 6.37. The molecule has 0 heterocycles. The van der Waals surface area contributed by atoms with Crippen molar-refractivity contribution in [3.63, 3.8) is 0 Å². The van der Waals surface area contributed by atoms with E-state index in [9.17, 15) is 9.90 Å². The minimum absolute atomic E-state index is 0.00631. The fourth-order valence-corrected chi connectivity index (χ4v) is 3.24. The van der Waals surface area contributed by atoms with Gasteiger partial charge in [-0.25, -0.2) is 0 Å². The molecule has 0 aliphatic carbocycles. The quantitative estimate of drug-likeness (QED) is 0.609. The van der Waals surface area contributed by atoms with Gasteiger partial charge in [0.25, 0.3) is 0 Å². The van der Waals surface area contributed by atoms with Gasteiger partial charge >= 0.3 is 0 Å². The summed E-state index contributed by atoms with van der Waals surface area (Å²) in [5.74, 6) is 0.575. The van der Waals surface area contributed by atoms with Gasteiger partial charge in [-0.05, 0) is 18.6 Å². The first-order chi connectivity index (χ1) is 10.6. The molecule has 4 heteroatoms. The van der Waals surface area contributed by atoms with E-state index in [0.29, 0.717) is 23.3 Å². The Hall–Kier alpha value is -1.62. The van der Waals surface area contributed by atoms with E-state index in [-0.39, 0.29) is 12.4 Å². The standard InChI is InChI=1S/C18H21NO2S/c1-2-18(19,12-20)13-22-16-11-7-6-10-15(16)17(21)14-8-4-3-5-9-14/h3-11,20H,2,12-13,19H2,1H3. The molecule has 0 spiro atoms. The molecule has 116 valence electrons. The van der Waals surface area contributed by atoms with E-state index in [1.807, 2.05) is 61.5 Å². The molecule has 3 N–H and O–H groups in total. The third-order valence-corrected chi connectivity index (χ3v) is 5.09.